The molecule has 3 heterocycles. The topological polar surface area (TPSA) is 75.9 Å². The molecule has 1 fully saturated rings. The highest BCUT2D eigenvalue weighted by atomic mass is 19.4. The van der Waals surface area contributed by atoms with Crippen LogP contribution in [0.5, 0.6) is 0 Å². The predicted molar refractivity (Wildman–Crippen MR) is 75.7 cm³/mol. The van der Waals surface area contributed by atoms with E-state index in [-0.39, 0.29) is 0 Å². The van der Waals surface area contributed by atoms with Crippen LogP contribution in [-0.2, 0) is 11.8 Å². The second-order valence-electron chi connectivity index (χ2n) is 5.39. The van der Waals surface area contributed by atoms with Crippen molar-refractivity contribution in [2.24, 2.45) is 7.05 Å². The zero-order valence-corrected chi connectivity index (χ0v) is 12.3. The number of aryl methyl sites for hydroxylation is 1. The van der Waals surface area contributed by atoms with Gasteiger partial charge in [-0.3, -0.25) is 9.48 Å². The van der Waals surface area contributed by atoms with Crippen molar-refractivity contribution in [3.05, 3.63) is 12.5 Å². The van der Waals surface area contributed by atoms with E-state index in [1.54, 1.807) is 22.8 Å². The molecule has 0 aromatic carbocycles. The maximum Gasteiger partial charge on any atom is 0.405 e. The van der Waals surface area contributed by atoms with Crippen LogP contribution in [0.15, 0.2) is 12.5 Å². The van der Waals surface area contributed by atoms with Crippen molar-refractivity contribution in [3.63, 3.8) is 0 Å². The Morgan fingerprint density at radius 2 is 2.22 bits per heavy atom. The summed E-state index contributed by atoms with van der Waals surface area (Å²) in [6.45, 7) is -0.784. The van der Waals surface area contributed by atoms with Crippen LogP contribution in [-0.4, -0.2) is 51.0 Å². The smallest absolute Gasteiger partial charge is 0.345 e. The first-order valence-electron chi connectivity index (χ1n) is 7.10. The second-order valence-corrected chi connectivity index (χ2v) is 5.39. The average Bonchev–Trinajstić information content (AvgIpc) is 3.11. The first kappa shape index (κ1) is 15.5. The van der Waals surface area contributed by atoms with Crippen molar-refractivity contribution < 1.29 is 18.0 Å². The highest BCUT2D eigenvalue weighted by Crippen LogP contribution is 2.29. The van der Waals surface area contributed by atoms with Gasteiger partial charge < -0.3 is 10.2 Å². The molecule has 1 N–H and O–H groups in total. The molecule has 2 aromatic rings. The maximum atomic E-state index is 12.3. The van der Waals surface area contributed by atoms with Gasteiger partial charge in [-0.05, 0) is 12.8 Å². The number of hydrogen-bond acceptors (Lipinski definition) is 5. The van der Waals surface area contributed by atoms with E-state index in [9.17, 15) is 18.0 Å². The number of rotatable bonds is 3. The van der Waals surface area contributed by atoms with Crippen LogP contribution in [0.3, 0.4) is 0 Å². The molecule has 10 heteroatoms. The van der Waals surface area contributed by atoms with E-state index in [1.165, 1.54) is 6.33 Å². The first-order chi connectivity index (χ1) is 10.9. The Balaban J connectivity index is 1.85. The summed E-state index contributed by atoms with van der Waals surface area (Å²) in [6.07, 6.45) is -0.286. The molecule has 23 heavy (non-hydrogen) atoms. The van der Waals surface area contributed by atoms with Crippen LogP contribution >= 0.6 is 0 Å². The van der Waals surface area contributed by atoms with Gasteiger partial charge in [0, 0.05) is 13.6 Å². The maximum absolute atomic E-state index is 12.3. The Morgan fingerprint density at radius 3 is 2.96 bits per heavy atom. The summed E-state index contributed by atoms with van der Waals surface area (Å²) in [6, 6.07) is -0.671. The summed E-state index contributed by atoms with van der Waals surface area (Å²) in [5.74, 6) is -0.122. The quantitative estimate of drug-likeness (QED) is 0.910. The predicted octanol–water partition coefficient (Wildman–Crippen LogP) is 1.01. The summed E-state index contributed by atoms with van der Waals surface area (Å²) in [7, 11) is 1.73. The average molecular weight is 328 g/mol. The summed E-state index contributed by atoms with van der Waals surface area (Å²) < 4.78 is 38.4. The van der Waals surface area contributed by atoms with Gasteiger partial charge in [0.05, 0.1) is 11.6 Å². The van der Waals surface area contributed by atoms with Gasteiger partial charge in [-0.1, -0.05) is 0 Å². The van der Waals surface area contributed by atoms with Gasteiger partial charge in [0.2, 0.25) is 5.91 Å². The van der Waals surface area contributed by atoms with Crippen molar-refractivity contribution >= 4 is 22.8 Å². The molecule has 1 amide bonds. The number of fused-ring (bicyclic) bond motifs is 1. The van der Waals surface area contributed by atoms with E-state index < -0.39 is 24.7 Å². The van der Waals surface area contributed by atoms with Gasteiger partial charge in [-0.15, -0.1) is 0 Å². The highest BCUT2D eigenvalue weighted by Gasteiger charge is 2.35. The molecule has 0 unspecified atom stereocenters. The summed E-state index contributed by atoms with van der Waals surface area (Å²) in [5.41, 5.74) is 0.608. The Morgan fingerprint density at radius 1 is 1.43 bits per heavy atom. The molecule has 0 spiro atoms. The van der Waals surface area contributed by atoms with E-state index in [0.717, 1.165) is 0 Å². The van der Waals surface area contributed by atoms with Crippen LogP contribution in [0.1, 0.15) is 12.8 Å². The molecule has 1 aliphatic heterocycles. The minimum Gasteiger partial charge on any atom is -0.345 e. The van der Waals surface area contributed by atoms with Gasteiger partial charge in [-0.25, -0.2) is 9.97 Å². The van der Waals surface area contributed by atoms with Crippen molar-refractivity contribution in [3.8, 4) is 0 Å². The standard InChI is InChI=1S/C13H15F3N6O/c1-21-10-8(5-20-21)11(19-7-18-10)22-4-2-3-9(22)12(23)17-6-13(14,15)16/h5,7,9H,2-4,6H2,1H3,(H,17,23)/t9-/m1/s1. The van der Waals surface area contributed by atoms with Crippen LogP contribution in [0.4, 0.5) is 19.0 Å². The molecule has 7 nitrogen and oxygen atoms in total. The molecule has 0 aliphatic carbocycles. The van der Waals surface area contributed by atoms with Crippen molar-refractivity contribution in [1.29, 1.82) is 0 Å². The Kier molecular flexibility index (Phi) is 3.82. The molecule has 0 radical (unpaired) electrons. The lowest BCUT2D eigenvalue weighted by Gasteiger charge is -2.25. The molecule has 0 bridgehead atoms. The van der Waals surface area contributed by atoms with Crippen LogP contribution in [0.25, 0.3) is 11.0 Å². The fourth-order valence-corrected chi connectivity index (χ4v) is 2.78. The molecule has 2 aromatic heterocycles. The Labute approximate surface area is 129 Å². The fraction of sp³-hybridized carbons (Fsp3) is 0.538. The number of carbonyl (C=O) groups excluding carboxylic acids is 1. The van der Waals surface area contributed by atoms with Gasteiger partial charge in [-0.2, -0.15) is 18.3 Å². The van der Waals surface area contributed by atoms with Gasteiger partial charge in [0.25, 0.3) is 0 Å². The molecule has 124 valence electrons. The number of aromatic nitrogens is 4. The molecular weight excluding hydrogens is 313 g/mol. The lowest BCUT2D eigenvalue weighted by Crippen LogP contribution is -2.46. The summed E-state index contributed by atoms with van der Waals surface area (Å²) >= 11 is 0. The molecule has 1 saturated heterocycles. The minimum absolute atomic E-state index is 0.482. The third-order valence-corrected chi connectivity index (χ3v) is 3.80. The largest absolute Gasteiger partial charge is 0.405 e. The molecule has 3 rings (SSSR count). The fourth-order valence-electron chi connectivity index (χ4n) is 2.78. The van der Waals surface area contributed by atoms with Crippen molar-refractivity contribution in [2.45, 2.75) is 25.1 Å². The third kappa shape index (κ3) is 3.06. The summed E-state index contributed by atoms with van der Waals surface area (Å²) in [5, 5.41) is 6.72. The SMILES string of the molecule is Cn1ncc2c(N3CCC[C@@H]3C(=O)NCC(F)(F)F)ncnc21. The number of amides is 1. The lowest BCUT2D eigenvalue weighted by molar-refractivity contribution is -0.139. The summed E-state index contributed by atoms with van der Waals surface area (Å²) in [4.78, 5) is 22.1. The highest BCUT2D eigenvalue weighted by molar-refractivity contribution is 5.91. The number of anilines is 1. The number of hydrogen-bond donors (Lipinski definition) is 1. The van der Waals surface area contributed by atoms with Crippen molar-refractivity contribution in [2.75, 3.05) is 18.0 Å². The van der Waals surface area contributed by atoms with E-state index in [2.05, 4.69) is 15.1 Å². The second kappa shape index (κ2) is 5.67. The number of halogens is 3. The van der Waals surface area contributed by atoms with Gasteiger partial charge >= 0.3 is 6.18 Å². The molecule has 1 atom stereocenters. The lowest BCUT2D eigenvalue weighted by atomic mass is 10.2. The number of carbonyl (C=O) groups is 1. The zero-order valence-electron chi connectivity index (χ0n) is 12.3. The normalized spacial score (nSPS) is 18.6. The monoisotopic (exact) mass is 328 g/mol. The van der Waals surface area contributed by atoms with Crippen LogP contribution in [0, 0.1) is 0 Å². The van der Waals surface area contributed by atoms with E-state index >= 15 is 0 Å². The van der Waals surface area contributed by atoms with Crippen molar-refractivity contribution in [1.82, 2.24) is 25.1 Å². The minimum atomic E-state index is -4.43. The number of nitrogens with one attached hydrogen (secondary N) is 1. The molecule has 0 saturated carbocycles. The van der Waals surface area contributed by atoms with Gasteiger partial charge in [0.15, 0.2) is 5.65 Å². The van der Waals surface area contributed by atoms with E-state index in [0.29, 0.717) is 36.2 Å². The van der Waals surface area contributed by atoms with Crippen LogP contribution < -0.4 is 10.2 Å². The number of alkyl halides is 3. The third-order valence-electron chi connectivity index (χ3n) is 3.80. The van der Waals surface area contributed by atoms with E-state index in [4.69, 9.17) is 0 Å². The van der Waals surface area contributed by atoms with Crippen LogP contribution in [0.2, 0.25) is 0 Å². The Bertz CT molecular complexity index is 728. The Hall–Kier alpha value is -2.39. The molecule has 1 aliphatic rings. The first-order valence-corrected chi connectivity index (χ1v) is 7.10. The molecular formula is C13H15F3N6O. The van der Waals surface area contributed by atoms with E-state index in [1.807, 2.05) is 5.32 Å². The zero-order chi connectivity index (χ0) is 16.6. The van der Waals surface area contributed by atoms with Gasteiger partial charge in [0.1, 0.15) is 24.7 Å². The number of nitrogens with zero attached hydrogens (tertiary/aromatic N) is 5.